The Morgan fingerprint density at radius 2 is 2.31 bits per heavy atom. The van der Waals surface area contributed by atoms with E-state index in [1.165, 1.54) is 0 Å². The molecule has 0 saturated heterocycles. The molecule has 0 aromatic rings. The summed E-state index contributed by atoms with van der Waals surface area (Å²) >= 11 is 0. The minimum Gasteiger partial charge on any atom is -0.497 e. The molecule has 1 rings (SSSR count). The van der Waals surface area contributed by atoms with Gasteiger partial charge in [0, 0.05) is 7.11 Å². The average Bonchev–Trinajstić information content (AvgIpc) is 2.35. The van der Waals surface area contributed by atoms with Gasteiger partial charge in [-0.05, 0) is 45.2 Å². The normalized spacial score (nSPS) is 19.8. The van der Waals surface area contributed by atoms with Crippen molar-refractivity contribution >= 4 is 0 Å². The van der Waals surface area contributed by atoms with Gasteiger partial charge in [-0.25, -0.2) is 0 Å². The summed E-state index contributed by atoms with van der Waals surface area (Å²) in [5.74, 6) is 1.14. The summed E-state index contributed by atoms with van der Waals surface area (Å²) in [6.07, 6.45) is 7.00. The molecule has 1 aliphatic rings. The molecule has 1 aliphatic heterocycles. The van der Waals surface area contributed by atoms with Crippen molar-refractivity contribution < 1.29 is 9.47 Å². The summed E-state index contributed by atoms with van der Waals surface area (Å²) in [5.41, 5.74) is 0. The Kier molecular flexibility index (Phi) is 6.50. The number of allylic oxidation sites excluding steroid dienone is 1. The molecule has 0 aromatic carbocycles. The fourth-order valence-corrected chi connectivity index (χ4v) is 1.93. The first-order valence-corrected chi connectivity index (χ1v) is 6.37. The van der Waals surface area contributed by atoms with E-state index >= 15 is 0 Å². The molecule has 0 radical (unpaired) electrons. The van der Waals surface area contributed by atoms with Crippen molar-refractivity contribution in [3.63, 3.8) is 0 Å². The van der Waals surface area contributed by atoms with Crippen molar-refractivity contribution in [3.8, 4) is 0 Å². The molecule has 0 saturated carbocycles. The zero-order valence-electron chi connectivity index (χ0n) is 10.8. The van der Waals surface area contributed by atoms with Crippen molar-refractivity contribution in [1.29, 1.82) is 0 Å². The smallest absolute Gasteiger partial charge is 0.109 e. The van der Waals surface area contributed by atoms with Crippen LogP contribution in [0.3, 0.4) is 0 Å². The first kappa shape index (κ1) is 13.5. The molecule has 0 bridgehead atoms. The van der Waals surface area contributed by atoms with Gasteiger partial charge in [-0.1, -0.05) is 6.92 Å². The van der Waals surface area contributed by atoms with Crippen LogP contribution in [0.15, 0.2) is 11.8 Å². The maximum atomic E-state index is 5.72. The number of methoxy groups -OCH3 is 1. The van der Waals surface area contributed by atoms with Crippen molar-refractivity contribution in [2.45, 2.75) is 51.7 Å². The molecule has 2 unspecified atom stereocenters. The van der Waals surface area contributed by atoms with Crippen LogP contribution in [-0.2, 0) is 9.47 Å². The van der Waals surface area contributed by atoms with Gasteiger partial charge >= 0.3 is 0 Å². The van der Waals surface area contributed by atoms with E-state index in [2.05, 4.69) is 25.2 Å². The molecule has 0 amide bonds. The average molecular weight is 227 g/mol. The van der Waals surface area contributed by atoms with Gasteiger partial charge < -0.3 is 14.8 Å². The highest BCUT2D eigenvalue weighted by Crippen LogP contribution is 2.18. The topological polar surface area (TPSA) is 30.5 Å². The summed E-state index contributed by atoms with van der Waals surface area (Å²) in [4.78, 5) is 0. The van der Waals surface area contributed by atoms with Crippen LogP contribution in [0.1, 0.15) is 39.5 Å². The first-order chi connectivity index (χ1) is 7.77. The Bertz CT molecular complexity index is 216. The van der Waals surface area contributed by atoms with Crippen LogP contribution in [0, 0.1) is 0 Å². The van der Waals surface area contributed by atoms with Crippen LogP contribution in [0.5, 0.6) is 0 Å². The molecule has 16 heavy (non-hydrogen) atoms. The summed E-state index contributed by atoms with van der Waals surface area (Å²) in [7, 11) is 1.77. The Morgan fingerprint density at radius 3 is 2.88 bits per heavy atom. The largest absolute Gasteiger partial charge is 0.497 e. The summed E-state index contributed by atoms with van der Waals surface area (Å²) in [5, 5.41) is 3.48. The predicted octanol–water partition coefficient (Wildman–Crippen LogP) is 2.47. The lowest BCUT2D eigenvalue weighted by atomic mass is 10.0. The SMILES string of the molecule is CCNC(CCC(C)OC)C1=CCCCO1. The monoisotopic (exact) mass is 227 g/mol. The van der Waals surface area contributed by atoms with Gasteiger partial charge in [-0.3, -0.25) is 0 Å². The van der Waals surface area contributed by atoms with Crippen molar-refractivity contribution in [2.24, 2.45) is 0 Å². The Hall–Kier alpha value is -0.540. The van der Waals surface area contributed by atoms with E-state index in [4.69, 9.17) is 9.47 Å². The molecule has 0 aromatic heterocycles. The maximum absolute atomic E-state index is 5.72. The van der Waals surface area contributed by atoms with Gasteiger partial charge in [0.15, 0.2) is 0 Å². The quantitative estimate of drug-likeness (QED) is 0.725. The number of nitrogens with one attached hydrogen (secondary N) is 1. The third-order valence-electron chi connectivity index (χ3n) is 3.02. The molecule has 0 fully saturated rings. The third kappa shape index (κ3) is 4.54. The number of ether oxygens (including phenoxy) is 2. The van der Waals surface area contributed by atoms with E-state index < -0.39 is 0 Å². The van der Waals surface area contributed by atoms with Crippen LogP contribution < -0.4 is 5.32 Å². The standard InChI is InChI=1S/C13H25NO2/c1-4-14-12(9-8-11(2)15-3)13-7-5-6-10-16-13/h7,11-12,14H,4-6,8-10H2,1-3H3. The second kappa shape index (κ2) is 7.69. The molecular formula is C13H25NO2. The molecular weight excluding hydrogens is 202 g/mol. The number of rotatable bonds is 7. The molecule has 1 N–H and O–H groups in total. The fourth-order valence-electron chi connectivity index (χ4n) is 1.93. The van der Waals surface area contributed by atoms with Crippen LogP contribution in [-0.4, -0.2) is 32.4 Å². The Balaban J connectivity index is 2.42. The molecule has 0 spiro atoms. The zero-order chi connectivity index (χ0) is 11.8. The van der Waals surface area contributed by atoms with Gasteiger partial charge in [0.25, 0.3) is 0 Å². The number of likely N-dealkylation sites (N-methyl/N-ethyl adjacent to an activating group) is 1. The van der Waals surface area contributed by atoms with Crippen LogP contribution >= 0.6 is 0 Å². The van der Waals surface area contributed by atoms with Gasteiger partial charge in [0.2, 0.25) is 0 Å². The van der Waals surface area contributed by atoms with Gasteiger partial charge in [0.05, 0.1) is 18.8 Å². The van der Waals surface area contributed by atoms with E-state index in [0.29, 0.717) is 12.1 Å². The maximum Gasteiger partial charge on any atom is 0.109 e. The Morgan fingerprint density at radius 1 is 1.50 bits per heavy atom. The Labute approximate surface area is 99.2 Å². The fraction of sp³-hybridized carbons (Fsp3) is 0.846. The van der Waals surface area contributed by atoms with E-state index in [9.17, 15) is 0 Å². The van der Waals surface area contributed by atoms with E-state index in [1.807, 2.05) is 0 Å². The summed E-state index contributed by atoms with van der Waals surface area (Å²) in [6, 6.07) is 0.364. The number of hydrogen-bond donors (Lipinski definition) is 1. The second-order valence-electron chi connectivity index (χ2n) is 4.33. The molecule has 2 atom stereocenters. The van der Waals surface area contributed by atoms with Gasteiger partial charge in [-0.15, -0.1) is 0 Å². The van der Waals surface area contributed by atoms with Crippen LogP contribution in [0.4, 0.5) is 0 Å². The van der Waals surface area contributed by atoms with E-state index in [0.717, 1.165) is 44.6 Å². The summed E-state index contributed by atoms with van der Waals surface area (Å²) in [6.45, 7) is 6.09. The molecule has 3 heteroatoms. The predicted molar refractivity (Wildman–Crippen MR) is 66.4 cm³/mol. The second-order valence-corrected chi connectivity index (χ2v) is 4.33. The highest BCUT2D eigenvalue weighted by atomic mass is 16.5. The van der Waals surface area contributed by atoms with Crippen molar-refractivity contribution in [3.05, 3.63) is 11.8 Å². The molecule has 3 nitrogen and oxygen atoms in total. The molecule has 0 aliphatic carbocycles. The van der Waals surface area contributed by atoms with Gasteiger partial charge in [-0.2, -0.15) is 0 Å². The van der Waals surface area contributed by atoms with Crippen molar-refractivity contribution in [1.82, 2.24) is 5.32 Å². The molecule has 94 valence electrons. The lowest BCUT2D eigenvalue weighted by molar-refractivity contribution is 0.101. The third-order valence-corrected chi connectivity index (χ3v) is 3.02. The highest BCUT2D eigenvalue weighted by Gasteiger charge is 2.17. The van der Waals surface area contributed by atoms with Crippen LogP contribution in [0.2, 0.25) is 0 Å². The van der Waals surface area contributed by atoms with Gasteiger partial charge in [0.1, 0.15) is 5.76 Å². The lowest BCUT2D eigenvalue weighted by Crippen LogP contribution is -2.33. The van der Waals surface area contributed by atoms with Crippen molar-refractivity contribution in [2.75, 3.05) is 20.3 Å². The highest BCUT2D eigenvalue weighted by molar-refractivity contribution is 5.05. The first-order valence-electron chi connectivity index (χ1n) is 6.37. The zero-order valence-corrected chi connectivity index (χ0v) is 10.8. The number of hydrogen-bond acceptors (Lipinski definition) is 3. The van der Waals surface area contributed by atoms with Crippen LogP contribution in [0.25, 0.3) is 0 Å². The molecule has 1 heterocycles. The van der Waals surface area contributed by atoms with E-state index in [1.54, 1.807) is 7.11 Å². The minimum absolute atomic E-state index is 0.324. The summed E-state index contributed by atoms with van der Waals surface area (Å²) < 4.78 is 11.0. The lowest BCUT2D eigenvalue weighted by Gasteiger charge is -2.25. The van der Waals surface area contributed by atoms with E-state index in [-0.39, 0.29) is 0 Å². The minimum atomic E-state index is 0.324.